The van der Waals surface area contributed by atoms with E-state index in [1.54, 1.807) is 18.2 Å². The molecule has 0 atom stereocenters. The maximum Gasteiger partial charge on any atom is 0.270 e. The second-order valence-corrected chi connectivity index (χ2v) is 3.90. The molecule has 0 radical (unpaired) electrons. The van der Waals surface area contributed by atoms with Gasteiger partial charge in [0.05, 0.1) is 12.7 Å². The van der Waals surface area contributed by atoms with Gasteiger partial charge in [-0.15, -0.1) is 0 Å². The zero-order chi connectivity index (χ0) is 13.0. The first-order valence-electron chi connectivity index (χ1n) is 5.10. The number of carbonyl (C=O) groups excluding carboxylic acids is 1. The summed E-state index contributed by atoms with van der Waals surface area (Å²) in [5.41, 5.74) is 6.34. The molecule has 6 nitrogen and oxygen atoms in total. The van der Waals surface area contributed by atoms with Gasteiger partial charge in [0, 0.05) is 17.8 Å². The minimum Gasteiger partial charge on any atom is -0.389 e. The third kappa shape index (κ3) is 2.89. The number of nitrogens with two attached hydrogens (primary N) is 1. The predicted octanol–water partition coefficient (Wildman–Crippen LogP) is 0.634. The monoisotopic (exact) mass is 262 g/mol. The maximum atomic E-state index is 11.7. The Hall–Kier alpha value is -2.28. The van der Waals surface area contributed by atoms with Gasteiger partial charge >= 0.3 is 0 Å². The van der Waals surface area contributed by atoms with Crippen LogP contribution in [0.2, 0.25) is 0 Å². The Morgan fingerprint density at radius 2 is 2.28 bits per heavy atom. The van der Waals surface area contributed by atoms with Crippen molar-refractivity contribution in [3.63, 3.8) is 0 Å². The van der Waals surface area contributed by atoms with E-state index in [1.807, 2.05) is 0 Å². The second-order valence-electron chi connectivity index (χ2n) is 3.46. The molecule has 92 valence electrons. The van der Waals surface area contributed by atoms with E-state index in [-0.39, 0.29) is 23.1 Å². The van der Waals surface area contributed by atoms with Crippen LogP contribution in [0.1, 0.15) is 21.8 Å². The highest BCUT2D eigenvalue weighted by molar-refractivity contribution is 7.80. The Kier molecular flexibility index (Phi) is 3.63. The highest BCUT2D eigenvalue weighted by Crippen LogP contribution is 2.01. The Morgan fingerprint density at radius 3 is 2.83 bits per heavy atom. The van der Waals surface area contributed by atoms with Crippen molar-refractivity contribution in [2.75, 3.05) is 0 Å². The fourth-order valence-electron chi connectivity index (χ4n) is 1.27. The van der Waals surface area contributed by atoms with Crippen LogP contribution in [0.15, 0.2) is 35.1 Å². The number of amides is 1. The number of carbonyl (C=O) groups is 1. The van der Waals surface area contributed by atoms with E-state index in [0.29, 0.717) is 11.3 Å². The van der Waals surface area contributed by atoms with Crippen molar-refractivity contribution in [1.82, 2.24) is 15.5 Å². The van der Waals surface area contributed by atoms with Crippen LogP contribution in [0.3, 0.4) is 0 Å². The van der Waals surface area contributed by atoms with Crippen LogP contribution in [-0.4, -0.2) is 21.0 Å². The van der Waals surface area contributed by atoms with Gasteiger partial charge in [0.15, 0.2) is 5.76 Å². The van der Waals surface area contributed by atoms with E-state index >= 15 is 0 Å². The zero-order valence-electron chi connectivity index (χ0n) is 9.29. The molecule has 0 aliphatic carbocycles. The van der Waals surface area contributed by atoms with E-state index in [4.69, 9.17) is 22.5 Å². The summed E-state index contributed by atoms with van der Waals surface area (Å²) < 4.78 is 4.85. The summed E-state index contributed by atoms with van der Waals surface area (Å²) >= 11 is 4.79. The summed E-state index contributed by atoms with van der Waals surface area (Å²) in [6.07, 6.45) is 2.97. The van der Waals surface area contributed by atoms with E-state index in [1.165, 1.54) is 12.4 Å². The molecule has 7 heteroatoms. The predicted molar refractivity (Wildman–Crippen MR) is 67.8 cm³/mol. The Bertz CT molecular complexity index is 551. The molecule has 0 saturated carbocycles. The van der Waals surface area contributed by atoms with Gasteiger partial charge in [-0.05, 0) is 12.1 Å². The SMILES string of the molecule is NC(=S)c1ccc(C(=O)NCc2ccno2)nc1. The van der Waals surface area contributed by atoms with Gasteiger partial charge in [-0.2, -0.15) is 0 Å². The van der Waals surface area contributed by atoms with E-state index in [2.05, 4.69) is 15.5 Å². The molecule has 0 spiro atoms. The highest BCUT2D eigenvalue weighted by atomic mass is 32.1. The van der Waals surface area contributed by atoms with Crippen molar-refractivity contribution in [3.8, 4) is 0 Å². The molecule has 18 heavy (non-hydrogen) atoms. The summed E-state index contributed by atoms with van der Waals surface area (Å²) in [4.78, 5) is 15.9. The lowest BCUT2D eigenvalue weighted by atomic mass is 10.2. The molecule has 2 heterocycles. The fourth-order valence-corrected chi connectivity index (χ4v) is 1.39. The van der Waals surface area contributed by atoms with E-state index < -0.39 is 0 Å². The molecule has 2 aromatic rings. The van der Waals surface area contributed by atoms with Crippen molar-refractivity contribution >= 4 is 23.1 Å². The quantitative estimate of drug-likeness (QED) is 0.785. The van der Waals surface area contributed by atoms with Crippen LogP contribution in [0.25, 0.3) is 0 Å². The number of thiocarbonyl (C=S) groups is 1. The molecule has 0 aliphatic rings. The third-order valence-electron chi connectivity index (χ3n) is 2.20. The lowest BCUT2D eigenvalue weighted by Gasteiger charge is -2.03. The minimum absolute atomic E-state index is 0.246. The van der Waals surface area contributed by atoms with Gasteiger partial charge in [-0.1, -0.05) is 17.4 Å². The summed E-state index contributed by atoms with van der Waals surface area (Å²) in [7, 11) is 0. The normalized spacial score (nSPS) is 10.0. The maximum absolute atomic E-state index is 11.7. The zero-order valence-corrected chi connectivity index (χ0v) is 10.1. The molecular weight excluding hydrogens is 252 g/mol. The number of rotatable bonds is 4. The Balaban J connectivity index is 1.98. The largest absolute Gasteiger partial charge is 0.389 e. The molecule has 3 N–H and O–H groups in total. The van der Waals surface area contributed by atoms with Gasteiger partial charge in [-0.3, -0.25) is 9.78 Å². The standard InChI is InChI=1S/C11H10N4O2S/c12-10(18)7-1-2-9(13-5-7)11(16)14-6-8-3-4-15-17-8/h1-5H,6H2,(H2,12,18)(H,14,16). The Morgan fingerprint density at radius 1 is 1.44 bits per heavy atom. The van der Waals surface area contributed by atoms with E-state index in [0.717, 1.165) is 0 Å². The van der Waals surface area contributed by atoms with Crippen LogP contribution >= 0.6 is 12.2 Å². The number of aromatic nitrogens is 2. The molecule has 0 unspecified atom stereocenters. The average molecular weight is 262 g/mol. The van der Waals surface area contributed by atoms with Crippen molar-refractivity contribution < 1.29 is 9.32 Å². The van der Waals surface area contributed by atoms with Gasteiger partial charge in [0.1, 0.15) is 10.7 Å². The molecule has 2 rings (SSSR count). The summed E-state index contributed by atoms with van der Waals surface area (Å²) in [6, 6.07) is 4.88. The fraction of sp³-hybridized carbons (Fsp3) is 0.0909. The number of hydrogen-bond acceptors (Lipinski definition) is 5. The first kappa shape index (κ1) is 12.2. The molecule has 1 amide bonds. The third-order valence-corrected chi connectivity index (χ3v) is 2.43. The molecular formula is C11H10N4O2S. The van der Waals surface area contributed by atoms with Crippen LogP contribution in [0.5, 0.6) is 0 Å². The van der Waals surface area contributed by atoms with Crippen LogP contribution < -0.4 is 11.1 Å². The van der Waals surface area contributed by atoms with Crippen molar-refractivity contribution in [2.45, 2.75) is 6.54 Å². The summed E-state index contributed by atoms with van der Waals surface area (Å²) in [6.45, 7) is 0.261. The highest BCUT2D eigenvalue weighted by Gasteiger charge is 2.08. The summed E-state index contributed by atoms with van der Waals surface area (Å²) in [5.74, 6) is 0.268. The number of pyridine rings is 1. The minimum atomic E-state index is -0.305. The smallest absolute Gasteiger partial charge is 0.270 e. The summed E-state index contributed by atoms with van der Waals surface area (Å²) in [5, 5.41) is 6.18. The first-order chi connectivity index (χ1) is 8.66. The van der Waals surface area contributed by atoms with Crippen molar-refractivity contribution in [2.24, 2.45) is 5.73 Å². The molecule has 0 bridgehead atoms. The number of hydrogen-bond donors (Lipinski definition) is 2. The average Bonchev–Trinajstić information content (AvgIpc) is 2.89. The Labute approximate surface area is 108 Å². The second kappa shape index (κ2) is 5.37. The molecule has 2 aromatic heterocycles. The topological polar surface area (TPSA) is 94.0 Å². The molecule has 0 aromatic carbocycles. The number of nitrogens with zero attached hydrogens (tertiary/aromatic N) is 2. The van der Waals surface area contributed by atoms with Crippen LogP contribution in [0, 0.1) is 0 Å². The lowest BCUT2D eigenvalue weighted by molar-refractivity contribution is 0.0942. The van der Waals surface area contributed by atoms with Crippen molar-refractivity contribution in [3.05, 3.63) is 47.6 Å². The van der Waals surface area contributed by atoms with Gasteiger partial charge in [0.25, 0.3) is 5.91 Å². The lowest BCUT2D eigenvalue weighted by Crippen LogP contribution is -2.23. The van der Waals surface area contributed by atoms with Gasteiger partial charge in [-0.25, -0.2) is 0 Å². The van der Waals surface area contributed by atoms with Crippen molar-refractivity contribution in [1.29, 1.82) is 0 Å². The van der Waals surface area contributed by atoms with Gasteiger partial charge < -0.3 is 15.6 Å². The molecule has 0 aliphatic heterocycles. The molecule has 0 fully saturated rings. The molecule has 0 saturated heterocycles. The number of nitrogens with one attached hydrogen (secondary N) is 1. The van der Waals surface area contributed by atoms with Crippen LogP contribution in [0.4, 0.5) is 0 Å². The van der Waals surface area contributed by atoms with Crippen LogP contribution in [-0.2, 0) is 6.54 Å². The first-order valence-corrected chi connectivity index (χ1v) is 5.51. The van der Waals surface area contributed by atoms with Gasteiger partial charge in [0.2, 0.25) is 0 Å². The van der Waals surface area contributed by atoms with E-state index in [9.17, 15) is 4.79 Å².